The van der Waals surface area contributed by atoms with Crippen molar-refractivity contribution in [2.45, 2.75) is 102 Å². The van der Waals surface area contributed by atoms with Crippen LogP contribution in [0.2, 0.25) is 0 Å². The Morgan fingerprint density at radius 1 is 1.07 bits per heavy atom. The Hall–Kier alpha value is -1.50. The van der Waals surface area contributed by atoms with E-state index >= 15 is 0 Å². The van der Waals surface area contributed by atoms with Crippen LogP contribution in [0.5, 0.6) is 0 Å². The van der Waals surface area contributed by atoms with Crippen molar-refractivity contribution >= 4 is 12.1 Å². The van der Waals surface area contributed by atoms with E-state index in [1.807, 2.05) is 18.7 Å². The smallest absolute Gasteiger partial charge is 0.410 e. The Balaban J connectivity index is 1.29. The third kappa shape index (κ3) is 4.21. The number of ether oxygens (including phenoxy) is 1. The Morgan fingerprint density at radius 3 is 2.38 bits per heavy atom. The van der Waals surface area contributed by atoms with Crippen molar-refractivity contribution in [3.8, 4) is 0 Å². The third-order valence-electron chi connectivity index (χ3n) is 7.69. The first kappa shape index (κ1) is 20.8. The molecular formula is C22H38N4O3. The molecule has 164 valence electrons. The monoisotopic (exact) mass is 406 g/mol. The SMILES string of the molecule is CC(C)OC(=O)N1CCC(C)(N2CCC(N3C(=O)NC4CCCC[C@H]43)CC2)CC1. The molecule has 0 aromatic carbocycles. The lowest BCUT2D eigenvalue weighted by atomic mass is 9.85. The van der Waals surface area contributed by atoms with E-state index in [1.54, 1.807) is 0 Å². The summed E-state index contributed by atoms with van der Waals surface area (Å²) in [5.41, 5.74) is 0.139. The van der Waals surface area contributed by atoms with Gasteiger partial charge in [-0.1, -0.05) is 12.8 Å². The molecule has 3 saturated heterocycles. The highest BCUT2D eigenvalue weighted by atomic mass is 16.6. The molecule has 3 aliphatic heterocycles. The molecule has 4 fully saturated rings. The summed E-state index contributed by atoms with van der Waals surface area (Å²) in [5.74, 6) is 0. The van der Waals surface area contributed by atoms with Gasteiger partial charge >= 0.3 is 12.1 Å². The Morgan fingerprint density at radius 2 is 1.72 bits per heavy atom. The van der Waals surface area contributed by atoms with Crippen LogP contribution in [0.4, 0.5) is 9.59 Å². The van der Waals surface area contributed by atoms with Crippen molar-refractivity contribution in [1.29, 1.82) is 0 Å². The summed E-state index contributed by atoms with van der Waals surface area (Å²) in [6.07, 6.45) is 8.64. The van der Waals surface area contributed by atoms with E-state index in [1.165, 1.54) is 12.8 Å². The van der Waals surface area contributed by atoms with Gasteiger partial charge in [0.1, 0.15) is 0 Å². The lowest BCUT2D eigenvalue weighted by Gasteiger charge is -2.50. The van der Waals surface area contributed by atoms with Gasteiger partial charge < -0.3 is 19.9 Å². The highest BCUT2D eigenvalue weighted by molar-refractivity contribution is 5.78. The number of urea groups is 1. The maximum atomic E-state index is 12.6. The molecule has 0 spiro atoms. The topological polar surface area (TPSA) is 65.1 Å². The van der Waals surface area contributed by atoms with E-state index in [2.05, 4.69) is 22.0 Å². The van der Waals surface area contributed by atoms with Crippen LogP contribution in [-0.4, -0.2) is 82.8 Å². The maximum absolute atomic E-state index is 12.6. The minimum atomic E-state index is -0.178. The van der Waals surface area contributed by atoms with E-state index in [9.17, 15) is 9.59 Å². The minimum absolute atomic E-state index is 0.0682. The number of hydrogen-bond acceptors (Lipinski definition) is 4. The molecular weight excluding hydrogens is 368 g/mol. The van der Waals surface area contributed by atoms with E-state index in [4.69, 9.17) is 4.74 Å². The molecule has 4 rings (SSSR count). The first-order valence-electron chi connectivity index (χ1n) is 11.7. The van der Waals surface area contributed by atoms with Gasteiger partial charge in [0.25, 0.3) is 0 Å². The second-order valence-electron chi connectivity index (χ2n) is 9.95. The summed E-state index contributed by atoms with van der Waals surface area (Å²) in [7, 11) is 0. The molecule has 0 aromatic heterocycles. The van der Waals surface area contributed by atoms with E-state index in [-0.39, 0.29) is 23.8 Å². The Bertz CT molecular complexity index is 609. The minimum Gasteiger partial charge on any atom is -0.447 e. The number of amides is 3. The van der Waals surface area contributed by atoms with Crippen molar-refractivity contribution in [1.82, 2.24) is 20.0 Å². The maximum Gasteiger partial charge on any atom is 0.410 e. The number of nitrogens with zero attached hydrogens (tertiary/aromatic N) is 3. The highest BCUT2D eigenvalue weighted by Gasteiger charge is 2.46. The Labute approximate surface area is 175 Å². The molecule has 3 heterocycles. The third-order valence-corrected chi connectivity index (χ3v) is 7.69. The number of fused-ring (bicyclic) bond motifs is 1. The molecule has 7 nitrogen and oxygen atoms in total. The molecule has 1 unspecified atom stereocenters. The lowest BCUT2D eigenvalue weighted by Crippen LogP contribution is -2.59. The van der Waals surface area contributed by atoms with Gasteiger partial charge in [0.05, 0.1) is 18.2 Å². The zero-order valence-corrected chi connectivity index (χ0v) is 18.4. The first-order chi connectivity index (χ1) is 13.9. The summed E-state index contributed by atoms with van der Waals surface area (Å²) >= 11 is 0. The van der Waals surface area contributed by atoms with Gasteiger partial charge in [-0.3, -0.25) is 4.90 Å². The van der Waals surface area contributed by atoms with Gasteiger partial charge in [0.15, 0.2) is 0 Å². The second-order valence-corrected chi connectivity index (χ2v) is 9.95. The predicted molar refractivity (Wildman–Crippen MR) is 112 cm³/mol. The molecule has 29 heavy (non-hydrogen) atoms. The number of carbonyl (C=O) groups is 2. The summed E-state index contributed by atoms with van der Waals surface area (Å²) in [5, 5.41) is 3.24. The van der Waals surface area contributed by atoms with Crippen LogP contribution in [0.15, 0.2) is 0 Å². The van der Waals surface area contributed by atoms with Crippen molar-refractivity contribution in [3.05, 3.63) is 0 Å². The quantitative estimate of drug-likeness (QED) is 0.782. The van der Waals surface area contributed by atoms with Gasteiger partial charge in [-0.25, -0.2) is 9.59 Å². The molecule has 1 N–H and O–H groups in total. The van der Waals surface area contributed by atoms with Crippen LogP contribution in [0.1, 0.15) is 72.1 Å². The van der Waals surface area contributed by atoms with Gasteiger partial charge in [0.2, 0.25) is 0 Å². The zero-order valence-electron chi connectivity index (χ0n) is 18.4. The molecule has 0 bridgehead atoms. The second kappa shape index (κ2) is 8.32. The van der Waals surface area contributed by atoms with E-state index < -0.39 is 0 Å². The summed E-state index contributed by atoms with van der Waals surface area (Å²) in [6, 6.07) is 1.34. The highest BCUT2D eigenvalue weighted by Crippen LogP contribution is 2.35. The summed E-state index contributed by atoms with van der Waals surface area (Å²) in [4.78, 5) is 31.5. The molecule has 1 saturated carbocycles. The standard InChI is InChI=1S/C22H38N4O3/c1-16(2)29-21(28)24-14-10-22(3,11-15-24)25-12-8-17(9-13-25)26-19-7-5-4-6-18(19)23-20(26)27/h16-19H,4-15H2,1-3H3,(H,23,27)/t18?,19-/m1/s1. The average Bonchev–Trinajstić information content (AvgIpc) is 3.04. The molecule has 2 atom stereocenters. The lowest BCUT2D eigenvalue weighted by molar-refractivity contribution is -0.00233. The van der Waals surface area contributed by atoms with Gasteiger partial charge in [-0.15, -0.1) is 0 Å². The molecule has 1 aliphatic carbocycles. The number of piperidine rings is 2. The van der Waals surface area contributed by atoms with Crippen molar-refractivity contribution in [3.63, 3.8) is 0 Å². The number of carbonyl (C=O) groups excluding carboxylic acids is 2. The van der Waals surface area contributed by atoms with Gasteiger partial charge in [0, 0.05) is 37.8 Å². The molecule has 7 heteroatoms. The summed E-state index contributed by atoms with van der Waals surface area (Å²) in [6.45, 7) is 9.74. The normalized spacial score (nSPS) is 31.0. The van der Waals surface area contributed by atoms with Crippen molar-refractivity contribution in [2.75, 3.05) is 26.2 Å². The van der Waals surface area contributed by atoms with Crippen LogP contribution in [0.3, 0.4) is 0 Å². The zero-order chi connectivity index (χ0) is 20.6. The van der Waals surface area contributed by atoms with Crippen LogP contribution in [0, 0.1) is 0 Å². The number of nitrogens with one attached hydrogen (secondary N) is 1. The fraction of sp³-hybridized carbons (Fsp3) is 0.909. The van der Waals surface area contributed by atoms with Crippen LogP contribution >= 0.6 is 0 Å². The predicted octanol–water partition coefficient (Wildman–Crippen LogP) is 3.19. The van der Waals surface area contributed by atoms with Crippen LogP contribution in [0.25, 0.3) is 0 Å². The molecule has 0 radical (unpaired) electrons. The Kier molecular flexibility index (Phi) is 5.96. The van der Waals surface area contributed by atoms with Crippen molar-refractivity contribution < 1.29 is 14.3 Å². The molecule has 0 aromatic rings. The first-order valence-corrected chi connectivity index (χ1v) is 11.7. The largest absolute Gasteiger partial charge is 0.447 e. The molecule has 3 amide bonds. The van der Waals surface area contributed by atoms with Crippen molar-refractivity contribution in [2.24, 2.45) is 0 Å². The van der Waals surface area contributed by atoms with E-state index in [0.29, 0.717) is 18.1 Å². The fourth-order valence-corrected chi connectivity index (χ4v) is 5.88. The fourth-order valence-electron chi connectivity index (χ4n) is 5.88. The van der Waals surface area contributed by atoms with Gasteiger partial charge in [-0.05, 0) is 59.3 Å². The van der Waals surface area contributed by atoms with Gasteiger partial charge in [-0.2, -0.15) is 0 Å². The molecule has 4 aliphatic rings. The number of rotatable bonds is 3. The van der Waals surface area contributed by atoms with Crippen LogP contribution in [-0.2, 0) is 4.74 Å². The van der Waals surface area contributed by atoms with E-state index in [0.717, 1.165) is 64.7 Å². The van der Waals surface area contributed by atoms with Crippen LogP contribution < -0.4 is 5.32 Å². The number of hydrogen-bond donors (Lipinski definition) is 1. The average molecular weight is 407 g/mol. The number of likely N-dealkylation sites (tertiary alicyclic amines) is 2. The summed E-state index contributed by atoms with van der Waals surface area (Å²) < 4.78 is 5.36.